The molecular formula is C10H11NO3. The molecule has 1 rings (SSSR count). The largest absolute Gasteiger partial charge is 0.494 e. The highest BCUT2D eigenvalue weighted by atomic mass is 16.5. The Morgan fingerprint density at radius 2 is 1.86 bits per heavy atom. The second kappa shape index (κ2) is 4.41. The topological polar surface area (TPSA) is 69.4 Å². The summed E-state index contributed by atoms with van der Waals surface area (Å²) in [7, 11) is 0. The normalized spacial score (nSPS) is 9.50. The second-order valence-electron chi connectivity index (χ2n) is 2.65. The predicted octanol–water partition coefficient (Wildman–Crippen LogP) is 0.753. The Kier molecular flexibility index (Phi) is 3.23. The molecule has 2 N–H and O–H groups in total. The van der Waals surface area contributed by atoms with Gasteiger partial charge in [-0.3, -0.25) is 9.59 Å². The van der Waals surface area contributed by atoms with Crippen LogP contribution in [0.2, 0.25) is 0 Å². The molecule has 0 aliphatic carbocycles. The number of carbonyl (C=O) groups is 2. The number of ether oxygens (including phenoxy) is 1. The average Bonchev–Trinajstić information content (AvgIpc) is 2.18. The Morgan fingerprint density at radius 1 is 1.29 bits per heavy atom. The molecule has 0 saturated carbocycles. The Bertz CT molecular complexity index is 343. The number of nitrogens with two attached hydrogens (primary N) is 1. The fourth-order valence-corrected chi connectivity index (χ4v) is 1.01. The third-order valence-electron chi connectivity index (χ3n) is 1.65. The lowest BCUT2D eigenvalue weighted by Gasteiger charge is -2.02. The smallest absolute Gasteiger partial charge is 0.289 e. The molecule has 0 fully saturated rings. The van der Waals surface area contributed by atoms with Crippen LogP contribution in [-0.2, 0) is 4.79 Å². The summed E-state index contributed by atoms with van der Waals surface area (Å²) in [6.45, 7) is 2.42. The zero-order chi connectivity index (χ0) is 10.6. The summed E-state index contributed by atoms with van der Waals surface area (Å²) in [5.41, 5.74) is 5.12. The first-order valence-corrected chi connectivity index (χ1v) is 4.22. The van der Waals surface area contributed by atoms with Crippen LogP contribution in [0.15, 0.2) is 24.3 Å². The van der Waals surface area contributed by atoms with Crippen molar-refractivity contribution in [1.29, 1.82) is 0 Å². The molecule has 1 aromatic carbocycles. The van der Waals surface area contributed by atoms with Crippen LogP contribution in [0.4, 0.5) is 0 Å². The minimum Gasteiger partial charge on any atom is -0.494 e. The van der Waals surface area contributed by atoms with Crippen molar-refractivity contribution in [2.45, 2.75) is 6.92 Å². The van der Waals surface area contributed by atoms with E-state index in [1.165, 1.54) is 12.1 Å². The standard InChI is InChI=1S/C10H11NO3/c1-2-14-8-5-3-7(4-6-8)9(12)10(11)13/h3-6H,2H2,1H3,(H2,11,13). The van der Waals surface area contributed by atoms with Crippen LogP contribution in [-0.4, -0.2) is 18.3 Å². The molecule has 0 unspecified atom stereocenters. The van der Waals surface area contributed by atoms with Gasteiger partial charge in [-0.25, -0.2) is 0 Å². The van der Waals surface area contributed by atoms with Crippen molar-refractivity contribution in [2.75, 3.05) is 6.61 Å². The van der Waals surface area contributed by atoms with E-state index in [1.54, 1.807) is 12.1 Å². The van der Waals surface area contributed by atoms with Gasteiger partial charge in [0, 0.05) is 5.56 Å². The van der Waals surface area contributed by atoms with E-state index in [1.807, 2.05) is 6.92 Å². The zero-order valence-corrected chi connectivity index (χ0v) is 7.82. The summed E-state index contributed by atoms with van der Waals surface area (Å²) in [5, 5.41) is 0. The van der Waals surface area contributed by atoms with Gasteiger partial charge in [0.15, 0.2) is 0 Å². The zero-order valence-electron chi connectivity index (χ0n) is 7.82. The summed E-state index contributed by atoms with van der Waals surface area (Å²) in [4.78, 5) is 21.7. The van der Waals surface area contributed by atoms with Gasteiger partial charge in [0.2, 0.25) is 5.78 Å². The molecule has 0 atom stereocenters. The van der Waals surface area contributed by atoms with Crippen LogP contribution in [0.1, 0.15) is 17.3 Å². The molecule has 0 saturated heterocycles. The molecule has 0 aliphatic rings. The van der Waals surface area contributed by atoms with Gasteiger partial charge in [0.25, 0.3) is 5.91 Å². The van der Waals surface area contributed by atoms with Gasteiger partial charge in [-0.15, -0.1) is 0 Å². The molecule has 0 aliphatic heterocycles. The van der Waals surface area contributed by atoms with Crippen LogP contribution in [0, 0.1) is 0 Å². The van der Waals surface area contributed by atoms with Gasteiger partial charge >= 0.3 is 0 Å². The van der Waals surface area contributed by atoms with Crippen LogP contribution in [0.3, 0.4) is 0 Å². The fraction of sp³-hybridized carbons (Fsp3) is 0.200. The Labute approximate surface area is 81.7 Å². The Morgan fingerprint density at radius 3 is 2.29 bits per heavy atom. The molecule has 0 aromatic heterocycles. The van der Waals surface area contributed by atoms with Crippen LogP contribution in [0.5, 0.6) is 5.75 Å². The summed E-state index contributed by atoms with van der Waals surface area (Å²) in [6.07, 6.45) is 0. The minimum atomic E-state index is -0.950. The highest BCUT2D eigenvalue weighted by molar-refractivity contribution is 6.42. The number of hydrogen-bond acceptors (Lipinski definition) is 3. The van der Waals surface area contributed by atoms with Crippen LogP contribution in [0.25, 0.3) is 0 Å². The third kappa shape index (κ3) is 2.32. The number of ketones is 1. The van der Waals surface area contributed by atoms with E-state index >= 15 is 0 Å². The number of rotatable bonds is 4. The monoisotopic (exact) mass is 193 g/mol. The average molecular weight is 193 g/mol. The number of hydrogen-bond donors (Lipinski definition) is 1. The first-order chi connectivity index (χ1) is 6.65. The van der Waals surface area contributed by atoms with E-state index in [4.69, 9.17) is 10.5 Å². The maximum absolute atomic E-state index is 11.1. The molecule has 14 heavy (non-hydrogen) atoms. The highest BCUT2D eigenvalue weighted by Gasteiger charge is 2.11. The molecule has 1 aromatic rings. The van der Waals surface area contributed by atoms with E-state index in [-0.39, 0.29) is 5.56 Å². The van der Waals surface area contributed by atoms with Crippen molar-refractivity contribution in [1.82, 2.24) is 0 Å². The summed E-state index contributed by atoms with van der Waals surface area (Å²) >= 11 is 0. The maximum Gasteiger partial charge on any atom is 0.289 e. The van der Waals surface area contributed by atoms with Crippen molar-refractivity contribution in [3.8, 4) is 5.75 Å². The van der Waals surface area contributed by atoms with E-state index in [0.29, 0.717) is 12.4 Å². The summed E-state index contributed by atoms with van der Waals surface area (Å²) in [6, 6.07) is 6.27. The molecular weight excluding hydrogens is 182 g/mol. The van der Waals surface area contributed by atoms with Gasteiger partial charge in [-0.1, -0.05) is 0 Å². The molecule has 1 amide bonds. The van der Waals surface area contributed by atoms with Crippen molar-refractivity contribution >= 4 is 11.7 Å². The van der Waals surface area contributed by atoms with Gasteiger partial charge in [-0.2, -0.15) is 0 Å². The van der Waals surface area contributed by atoms with Gasteiger partial charge in [0.05, 0.1) is 6.61 Å². The maximum atomic E-state index is 11.1. The van der Waals surface area contributed by atoms with Crippen molar-refractivity contribution < 1.29 is 14.3 Å². The molecule has 4 heteroatoms. The number of benzene rings is 1. The quantitative estimate of drug-likeness (QED) is 0.566. The second-order valence-corrected chi connectivity index (χ2v) is 2.65. The first-order valence-electron chi connectivity index (χ1n) is 4.22. The molecule has 74 valence electrons. The Balaban J connectivity index is 2.83. The molecule has 0 spiro atoms. The molecule has 0 heterocycles. The van der Waals surface area contributed by atoms with Gasteiger partial charge < -0.3 is 10.5 Å². The van der Waals surface area contributed by atoms with E-state index in [9.17, 15) is 9.59 Å². The minimum absolute atomic E-state index is 0.279. The summed E-state index contributed by atoms with van der Waals surface area (Å²) in [5.74, 6) is -0.976. The van der Waals surface area contributed by atoms with Crippen LogP contribution < -0.4 is 10.5 Å². The number of carbonyl (C=O) groups excluding carboxylic acids is 2. The number of amides is 1. The van der Waals surface area contributed by atoms with Crippen molar-refractivity contribution in [3.05, 3.63) is 29.8 Å². The van der Waals surface area contributed by atoms with Crippen molar-refractivity contribution in [2.24, 2.45) is 5.73 Å². The van der Waals surface area contributed by atoms with Crippen molar-refractivity contribution in [3.63, 3.8) is 0 Å². The molecule has 0 bridgehead atoms. The van der Waals surface area contributed by atoms with Crippen LogP contribution >= 0.6 is 0 Å². The molecule has 4 nitrogen and oxygen atoms in total. The number of primary amides is 1. The fourth-order valence-electron chi connectivity index (χ4n) is 1.01. The molecule has 0 radical (unpaired) electrons. The lowest BCUT2D eigenvalue weighted by molar-refractivity contribution is -0.114. The third-order valence-corrected chi connectivity index (χ3v) is 1.65. The lowest BCUT2D eigenvalue weighted by Crippen LogP contribution is -2.22. The SMILES string of the molecule is CCOc1ccc(C(=O)C(N)=O)cc1. The Hall–Kier alpha value is -1.84. The van der Waals surface area contributed by atoms with E-state index in [2.05, 4.69) is 0 Å². The first kappa shape index (κ1) is 10.2. The lowest BCUT2D eigenvalue weighted by atomic mass is 10.1. The number of Topliss-reactive ketones (excluding diaryl/α,β-unsaturated/α-hetero) is 1. The predicted molar refractivity (Wildman–Crippen MR) is 51.1 cm³/mol. The van der Waals surface area contributed by atoms with Gasteiger partial charge in [-0.05, 0) is 31.2 Å². The van der Waals surface area contributed by atoms with E-state index in [0.717, 1.165) is 0 Å². The van der Waals surface area contributed by atoms with E-state index < -0.39 is 11.7 Å². The highest BCUT2D eigenvalue weighted by Crippen LogP contribution is 2.12. The summed E-state index contributed by atoms with van der Waals surface area (Å²) < 4.78 is 5.17. The van der Waals surface area contributed by atoms with Gasteiger partial charge in [0.1, 0.15) is 5.75 Å².